The van der Waals surface area contributed by atoms with Gasteiger partial charge in [-0.1, -0.05) is 18.2 Å². The van der Waals surface area contributed by atoms with Gasteiger partial charge in [0.1, 0.15) is 5.75 Å². The van der Waals surface area contributed by atoms with Crippen LogP contribution in [0.5, 0.6) is 11.8 Å². The molecule has 0 atom stereocenters. The summed E-state index contributed by atoms with van der Waals surface area (Å²) in [4.78, 5) is 18.0. The number of amides is 2. The van der Waals surface area contributed by atoms with Crippen LogP contribution in [0.2, 0.25) is 0 Å². The van der Waals surface area contributed by atoms with Gasteiger partial charge in [0.15, 0.2) is 5.82 Å². The highest BCUT2D eigenvalue weighted by atomic mass is 32.1. The number of nitrogens with zero attached hydrogens (tertiary/aromatic N) is 3. The Morgan fingerprint density at radius 2 is 1.78 bits per heavy atom. The van der Waals surface area contributed by atoms with Crippen LogP contribution in [0.3, 0.4) is 0 Å². The van der Waals surface area contributed by atoms with E-state index >= 15 is 0 Å². The number of ether oxygens (including phenoxy) is 2. The van der Waals surface area contributed by atoms with Crippen molar-refractivity contribution in [3.8, 4) is 28.1 Å². The highest BCUT2D eigenvalue weighted by Crippen LogP contribution is 2.28. The first-order valence-electron chi connectivity index (χ1n) is 10.0. The minimum atomic E-state index is -0.365. The Morgan fingerprint density at radius 3 is 2.47 bits per heavy atom. The van der Waals surface area contributed by atoms with Crippen molar-refractivity contribution in [2.45, 2.75) is 20.0 Å². The van der Waals surface area contributed by atoms with Gasteiger partial charge in [-0.15, -0.1) is 16.4 Å². The number of urea groups is 1. The van der Waals surface area contributed by atoms with Crippen LogP contribution in [0, 0.1) is 0 Å². The van der Waals surface area contributed by atoms with Crippen molar-refractivity contribution in [3.63, 3.8) is 0 Å². The Balaban J connectivity index is 1.57. The highest BCUT2D eigenvalue weighted by Gasteiger charge is 2.17. The monoisotopic (exact) mass is 449 g/mol. The molecule has 8 nitrogen and oxygen atoms in total. The number of benzene rings is 2. The first-order chi connectivity index (χ1) is 15.5. The van der Waals surface area contributed by atoms with E-state index in [1.54, 1.807) is 35.3 Å². The number of carbonyl (C=O) groups excluding carboxylic acids is 1. The average Bonchev–Trinajstić information content (AvgIpc) is 3.43. The molecule has 2 aromatic heterocycles. The van der Waals surface area contributed by atoms with E-state index in [1.165, 1.54) is 0 Å². The Kier molecular flexibility index (Phi) is 6.37. The van der Waals surface area contributed by atoms with Gasteiger partial charge in [-0.2, -0.15) is 4.98 Å². The van der Waals surface area contributed by atoms with Gasteiger partial charge in [0.05, 0.1) is 23.8 Å². The van der Waals surface area contributed by atoms with Crippen LogP contribution in [0.4, 0.5) is 16.2 Å². The van der Waals surface area contributed by atoms with E-state index in [-0.39, 0.29) is 12.1 Å². The van der Waals surface area contributed by atoms with Crippen LogP contribution in [-0.4, -0.2) is 34.0 Å². The summed E-state index contributed by atoms with van der Waals surface area (Å²) in [6.07, 6.45) is -0.0460. The summed E-state index contributed by atoms with van der Waals surface area (Å²) in [5.74, 6) is 1.34. The number of hydrogen-bond donors (Lipinski definition) is 2. The zero-order valence-corrected chi connectivity index (χ0v) is 18.7. The first kappa shape index (κ1) is 21.4. The van der Waals surface area contributed by atoms with Gasteiger partial charge in [-0.3, -0.25) is 0 Å². The van der Waals surface area contributed by atoms with E-state index in [9.17, 15) is 4.79 Å². The fourth-order valence-corrected chi connectivity index (χ4v) is 3.71. The third kappa shape index (κ3) is 5.06. The SMILES string of the molecule is COc1cccc(NC(=O)Nc2cccc(-n3nc(OC(C)C)nc3-c3cccs3)c2)c1. The van der Waals surface area contributed by atoms with Crippen LogP contribution in [0.15, 0.2) is 66.0 Å². The van der Waals surface area contributed by atoms with Crippen LogP contribution in [0.1, 0.15) is 13.8 Å². The molecule has 0 saturated heterocycles. The molecular weight excluding hydrogens is 426 g/mol. The lowest BCUT2D eigenvalue weighted by atomic mass is 10.2. The van der Waals surface area contributed by atoms with Crippen molar-refractivity contribution in [2.24, 2.45) is 0 Å². The maximum atomic E-state index is 12.5. The van der Waals surface area contributed by atoms with E-state index < -0.39 is 0 Å². The van der Waals surface area contributed by atoms with Crippen molar-refractivity contribution in [1.29, 1.82) is 0 Å². The summed E-state index contributed by atoms with van der Waals surface area (Å²) in [6, 6.07) is 18.4. The Morgan fingerprint density at radius 1 is 1.03 bits per heavy atom. The molecule has 2 N–H and O–H groups in total. The summed E-state index contributed by atoms with van der Waals surface area (Å²) in [7, 11) is 1.58. The molecule has 0 radical (unpaired) electrons. The molecule has 2 heterocycles. The number of rotatable bonds is 7. The molecule has 0 bridgehead atoms. The fourth-order valence-electron chi connectivity index (χ4n) is 3.01. The summed E-state index contributed by atoms with van der Waals surface area (Å²) < 4.78 is 12.6. The maximum absolute atomic E-state index is 12.5. The van der Waals surface area contributed by atoms with E-state index in [0.29, 0.717) is 29.0 Å². The standard InChI is InChI=1S/C23H23N5O3S/c1-15(2)31-23-26-21(20-11-6-12-32-20)28(27-23)18-9-4-7-16(13-18)24-22(29)25-17-8-5-10-19(14-17)30-3/h4-15H,1-3H3,(H2,24,25,29). The lowest BCUT2D eigenvalue weighted by Crippen LogP contribution is -2.19. The second kappa shape index (κ2) is 9.52. The van der Waals surface area contributed by atoms with Gasteiger partial charge < -0.3 is 20.1 Å². The Bertz CT molecular complexity index is 1200. The predicted octanol–water partition coefficient (Wildman–Crippen LogP) is 5.44. The quantitative estimate of drug-likeness (QED) is 0.392. The number of carbonyl (C=O) groups is 1. The van der Waals surface area contributed by atoms with Crippen LogP contribution in [-0.2, 0) is 0 Å². The van der Waals surface area contributed by atoms with Crippen LogP contribution < -0.4 is 20.1 Å². The zero-order valence-electron chi connectivity index (χ0n) is 17.9. The molecule has 32 heavy (non-hydrogen) atoms. The molecule has 4 rings (SSSR count). The lowest BCUT2D eigenvalue weighted by Gasteiger charge is -2.10. The van der Waals surface area contributed by atoms with Gasteiger partial charge >= 0.3 is 12.0 Å². The summed E-state index contributed by atoms with van der Waals surface area (Å²) in [6.45, 7) is 3.86. The molecule has 0 saturated carbocycles. The van der Waals surface area contributed by atoms with Gasteiger partial charge in [0.25, 0.3) is 0 Å². The van der Waals surface area contributed by atoms with Crippen molar-refractivity contribution in [1.82, 2.24) is 14.8 Å². The highest BCUT2D eigenvalue weighted by molar-refractivity contribution is 7.13. The van der Waals surface area contributed by atoms with Gasteiger partial charge in [0, 0.05) is 17.4 Å². The molecular formula is C23H23N5O3S. The average molecular weight is 450 g/mol. The second-order valence-electron chi connectivity index (χ2n) is 7.14. The molecule has 164 valence electrons. The van der Waals surface area contributed by atoms with E-state index in [1.807, 2.05) is 67.8 Å². The Hall–Kier alpha value is -3.85. The normalized spacial score (nSPS) is 10.8. The van der Waals surface area contributed by atoms with Crippen molar-refractivity contribution < 1.29 is 14.3 Å². The lowest BCUT2D eigenvalue weighted by molar-refractivity contribution is 0.222. The van der Waals surface area contributed by atoms with Crippen molar-refractivity contribution in [2.75, 3.05) is 17.7 Å². The molecule has 2 amide bonds. The van der Waals surface area contributed by atoms with Crippen molar-refractivity contribution >= 4 is 28.7 Å². The van der Waals surface area contributed by atoms with Crippen LogP contribution in [0.25, 0.3) is 16.4 Å². The number of nitrogens with one attached hydrogen (secondary N) is 2. The smallest absolute Gasteiger partial charge is 0.336 e. The topological polar surface area (TPSA) is 90.3 Å². The van der Waals surface area contributed by atoms with Crippen molar-refractivity contribution in [3.05, 3.63) is 66.0 Å². The first-order valence-corrected chi connectivity index (χ1v) is 10.9. The van der Waals surface area contributed by atoms with E-state index in [2.05, 4.69) is 20.7 Å². The predicted molar refractivity (Wildman–Crippen MR) is 126 cm³/mol. The number of aromatic nitrogens is 3. The molecule has 4 aromatic rings. The number of thiophene rings is 1. The second-order valence-corrected chi connectivity index (χ2v) is 8.08. The van der Waals surface area contributed by atoms with E-state index in [0.717, 1.165) is 10.6 Å². The zero-order chi connectivity index (χ0) is 22.5. The third-order valence-electron chi connectivity index (χ3n) is 4.35. The molecule has 0 unspecified atom stereocenters. The minimum Gasteiger partial charge on any atom is -0.497 e. The number of anilines is 2. The molecule has 0 fully saturated rings. The van der Waals surface area contributed by atoms with Gasteiger partial charge in [0.2, 0.25) is 0 Å². The summed E-state index contributed by atoms with van der Waals surface area (Å²) in [5, 5.41) is 12.2. The summed E-state index contributed by atoms with van der Waals surface area (Å²) >= 11 is 1.57. The molecule has 2 aromatic carbocycles. The molecule has 0 aliphatic rings. The molecule has 9 heteroatoms. The Labute approximate surface area is 189 Å². The van der Waals surface area contributed by atoms with E-state index in [4.69, 9.17) is 9.47 Å². The van der Waals surface area contributed by atoms with Crippen LogP contribution >= 0.6 is 11.3 Å². The molecule has 0 spiro atoms. The third-order valence-corrected chi connectivity index (χ3v) is 5.21. The molecule has 0 aliphatic heterocycles. The fraction of sp³-hybridized carbons (Fsp3) is 0.174. The largest absolute Gasteiger partial charge is 0.497 e. The maximum Gasteiger partial charge on any atom is 0.336 e. The number of methoxy groups -OCH3 is 1. The van der Waals surface area contributed by atoms with Gasteiger partial charge in [-0.05, 0) is 55.6 Å². The molecule has 0 aliphatic carbocycles. The number of hydrogen-bond acceptors (Lipinski definition) is 6. The summed E-state index contributed by atoms with van der Waals surface area (Å²) in [5.41, 5.74) is 1.99. The minimum absolute atomic E-state index is 0.0460. The van der Waals surface area contributed by atoms with Gasteiger partial charge in [-0.25, -0.2) is 9.48 Å².